The number of ether oxygens (including phenoxy) is 2. The Labute approximate surface area is 206 Å². The van der Waals surface area contributed by atoms with Crippen molar-refractivity contribution < 1.29 is 19.1 Å². The molecule has 3 aromatic rings. The zero-order chi connectivity index (χ0) is 24.6. The van der Waals surface area contributed by atoms with Crippen LogP contribution in [0.3, 0.4) is 0 Å². The Balaban J connectivity index is 1.55. The maximum absolute atomic E-state index is 13.6. The van der Waals surface area contributed by atoms with E-state index in [4.69, 9.17) is 9.47 Å². The molecule has 0 aromatic heterocycles. The van der Waals surface area contributed by atoms with Crippen LogP contribution in [-0.2, 0) is 4.74 Å². The molecule has 0 spiro atoms. The van der Waals surface area contributed by atoms with Crippen LogP contribution in [0.5, 0.6) is 5.75 Å². The molecule has 1 N–H and O–H groups in total. The van der Waals surface area contributed by atoms with Gasteiger partial charge in [-0.15, -0.1) is 0 Å². The van der Waals surface area contributed by atoms with E-state index in [1.54, 1.807) is 18.2 Å². The summed E-state index contributed by atoms with van der Waals surface area (Å²) in [6.45, 7) is 3.50. The molecule has 1 aliphatic rings. The molecule has 1 saturated heterocycles. The highest BCUT2D eigenvalue weighted by atomic mass is 16.5. The standard InChI is InChI=1S/C28H31N3O4/c1-34-25-15-9-14-23(26(25)28(33)35-2)29-20-24(27(32)21-10-5-3-6-11-21)31-18-16-30(17-19-31)22-12-7-4-8-13-22/h3-15,24,29H,16-20H2,1-2H3. The molecule has 1 unspecified atom stereocenters. The molecule has 7 nitrogen and oxygen atoms in total. The van der Waals surface area contributed by atoms with Crippen LogP contribution in [0.2, 0.25) is 0 Å². The largest absolute Gasteiger partial charge is 0.496 e. The van der Waals surface area contributed by atoms with E-state index >= 15 is 0 Å². The van der Waals surface area contributed by atoms with Crippen molar-refractivity contribution >= 4 is 23.1 Å². The first kappa shape index (κ1) is 24.3. The van der Waals surface area contributed by atoms with Gasteiger partial charge < -0.3 is 19.7 Å². The first-order chi connectivity index (χ1) is 17.1. The molecule has 0 aliphatic carbocycles. The minimum absolute atomic E-state index is 0.0498. The van der Waals surface area contributed by atoms with Crippen LogP contribution >= 0.6 is 0 Å². The number of piperazine rings is 1. The lowest BCUT2D eigenvalue weighted by Gasteiger charge is -2.40. The van der Waals surface area contributed by atoms with Gasteiger partial charge in [-0.05, 0) is 24.3 Å². The van der Waals surface area contributed by atoms with E-state index in [0.29, 0.717) is 29.1 Å². The van der Waals surface area contributed by atoms with E-state index in [1.807, 2.05) is 48.5 Å². The number of rotatable bonds is 9. The van der Waals surface area contributed by atoms with E-state index in [2.05, 4.69) is 27.2 Å². The molecule has 4 rings (SSSR count). The minimum Gasteiger partial charge on any atom is -0.496 e. The summed E-state index contributed by atoms with van der Waals surface area (Å²) in [5.74, 6) is -0.0228. The fourth-order valence-electron chi connectivity index (χ4n) is 4.48. The van der Waals surface area contributed by atoms with Gasteiger partial charge in [0.15, 0.2) is 5.78 Å². The Morgan fingerprint density at radius 2 is 1.51 bits per heavy atom. The minimum atomic E-state index is -0.493. The number of ketones is 1. The van der Waals surface area contributed by atoms with Gasteiger partial charge in [0.05, 0.1) is 25.9 Å². The van der Waals surface area contributed by atoms with E-state index < -0.39 is 12.0 Å². The Morgan fingerprint density at radius 3 is 2.14 bits per heavy atom. The zero-order valence-electron chi connectivity index (χ0n) is 20.1. The monoisotopic (exact) mass is 473 g/mol. The summed E-state index contributed by atoms with van der Waals surface area (Å²) in [5, 5.41) is 3.34. The molecule has 3 aromatic carbocycles. The van der Waals surface area contributed by atoms with Gasteiger partial charge in [0.1, 0.15) is 11.3 Å². The van der Waals surface area contributed by atoms with Gasteiger partial charge in [-0.3, -0.25) is 9.69 Å². The molecule has 7 heteroatoms. The summed E-state index contributed by atoms with van der Waals surface area (Å²) in [7, 11) is 2.85. The van der Waals surface area contributed by atoms with Crippen LogP contribution in [0.1, 0.15) is 20.7 Å². The molecule has 0 saturated carbocycles. The van der Waals surface area contributed by atoms with E-state index in [-0.39, 0.29) is 5.78 Å². The van der Waals surface area contributed by atoms with E-state index in [1.165, 1.54) is 19.9 Å². The number of nitrogens with one attached hydrogen (secondary N) is 1. The summed E-state index contributed by atoms with van der Waals surface area (Å²) in [6, 6.07) is 24.6. The molecule has 182 valence electrons. The lowest BCUT2D eigenvalue weighted by molar-refractivity contribution is 0.0598. The first-order valence-corrected chi connectivity index (χ1v) is 11.7. The smallest absolute Gasteiger partial charge is 0.343 e. The van der Waals surface area contributed by atoms with Crippen molar-refractivity contribution in [2.24, 2.45) is 0 Å². The molecule has 1 atom stereocenters. The van der Waals surface area contributed by atoms with Crippen molar-refractivity contribution in [3.05, 3.63) is 90.0 Å². The van der Waals surface area contributed by atoms with Gasteiger partial charge in [0.2, 0.25) is 0 Å². The second-order valence-electron chi connectivity index (χ2n) is 8.36. The lowest BCUT2D eigenvalue weighted by Crippen LogP contribution is -2.55. The molecule has 0 amide bonds. The number of esters is 1. The van der Waals surface area contributed by atoms with Gasteiger partial charge in [0.25, 0.3) is 0 Å². The zero-order valence-corrected chi connectivity index (χ0v) is 20.1. The van der Waals surface area contributed by atoms with Gasteiger partial charge in [-0.1, -0.05) is 54.6 Å². The number of para-hydroxylation sites is 1. The maximum atomic E-state index is 13.6. The summed E-state index contributed by atoms with van der Waals surface area (Å²) in [4.78, 5) is 30.6. The predicted molar refractivity (Wildman–Crippen MR) is 138 cm³/mol. The lowest BCUT2D eigenvalue weighted by atomic mass is 10.0. The number of benzene rings is 3. The number of hydrogen-bond acceptors (Lipinski definition) is 7. The molecular formula is C28H31N3O4. The van der Waals surface area contributed by atoms with Crippen LogP contribution in [0.15, 0.2) is 78.9 Å². The normalized spacial score (nSPS) is 14.7. The van der Waals surface area contributed by atoms with Crippen LogP contribution in [-0.4, -0.2) is 69.6 Å². The fourth-order valence-corrected chi connectivity index (χ4v) is 4.48. The van der Waals surface area contributed by atoms with Crippen LogP contribution in [0.25, 0.3) is 0 Å². The van der Waals surface area contributed by atoms with Crippen molar-refractivity contribution in [2.75, 3.05) is 57.2 Å². The highest BCUT2D eigenvalue weighted by Crippen LogP contribution is 2.28. The van der Waals surface area contributed by atoms with Gasteiger partial charge in [0, 0.05) is 44.0 Å². The predicted octanol–water partition coefficient (Wildman–Crippen LogP) is 3.97. The fraction of sp³-hybridized carbons (Fsp3) is 0.286. The quantitative estimate of drug-likeness (QED) is 0.373. The Bertz CT molecular complexity index is 1130. The molecule has 35 heavy (non-hydrogen) atoms. The van der Waals surface area contributed by atoms with Crippen LogP contribution < -0.4 is 15.0 Å². The first-order valence-electron chi connectivity index (χ1n) is 11.7. The van der Waals surface area contributed by atoms with Crippen LogP contribution in [0, 0.1) is 0 Å². The number of nitrogens with zero attached hydrogens (tertiary/aromatic N) is 2. The molecule has 1 fully saturated rings. The SMILES string of the molecule is COC(=O)c1c(NCC(C(=O)c2ccccc2)N2CCN(c3ccccc3)CC2)cccc1OC. The third-order valence-electron chi connectivity index (χ3n) is 6.36. The molecule has 0 bridgehead atoms. The number of methoxy groups -OCH3 is 2. The number of carbonyl (C=O) groups excluding carboxylic acids is 2. The molecular weight excluding hydrogens is 442 g/mol. The van der Waals surface area contributed by atoms with Crippen LogP contribution in [0.4, 0.5) is 11.4 Å². The third-order valence-corrected chi connectivity index (χ3v) is 6.36. The summed E-state index contributed by atoms with van der Waals surface area (Å²) >= 11 is 0. The Hall–Kier alpha value is -3.84. The maximum Gasteiger partial charge on any atom is 0.343 e. The summed E-state index contributed by atoms with van der Waals surface area (Å²) < 4.78 is 10.4. The second-order valence-corrected chi connectivity index (χ2v) is 8.36. The average molecular weight is 474 g/mol. The number of hydrogen-bond donors (Lipinski definition) is 1. The third kappa shape index (κ3) is 5.63. The Morgan fingerprint density at radius 1 is 0.857 bits per heavy atom. The number of Topliss-reactive ketones (excluding diaryl/α,β-unsaturated/α-hetero) is 1. The number of anilines is 2. The average Bonchev–Trinajstić information content (AvgIpc) is 2.93. The van der Waals surface area contributed by atoms with Gasteiger partial charge in [-0.2, -0.15) is 0 Å². The molecule has 1 aliphatic heterocycles. The summed E-state index contributed by atoms with van der Waals surface area (Å²) in [5.41, 5.74) is 2.75. The number of carbonyl (C=O) groups is 2. The highest BCUT2D eigenvalue weighted by Gasteiger charge is 2.30. The molecule has 1 heterocycles. The van der Waals surface area contributed by atoms with Crippen molar-refractivity contribution in [2.45, 2.75) is 6.04 Å². The van der Waals surface area contributed by atoms with Crippen molar-refractivity contribution in [1.82, 2.24) is 4.90 Å². The van der Waals surface area contributed by atoms with E-state index in [0.717, 1.165) is 26.2 Å². The van der Waals surface area contributed by atoms with E-state index in [9.17, 15) is 9.59 Å². The van der Waals surface area contributed by atoms with Crippen molar-refractivity contribution in [1.29, 1.82) is 0 Å². The summed E-state index contributed by atoms with van der Waals surface area (Å²) in [6.07, 6.45) is 0. The second kappa shape index (κ2) is 11.5. The van der Waals surface area contributed by atoms with Crippen molar-refractivity contribution in [3.63, 3.8) is 0 Å². The molecule has 0 radical (unpaired) electrons. The Kier molecular flexibility index (Phi) is 8.00. The van der Waals surface area contributed by atoms with Gasteiger partial charge >= 0.3 is 5.97 Å². The highest BCUT2D eigenvalue weighted by molar-refractivity contribution is 6.01. The van der Waals surface area contributed by atoms with Gasteiger partial charge in [-0.25, -0.2) is 4.79 Å². The van der Waals surface area contributed by atoms with Crippen molar-refractivity contribution in [3.8, 4) is 5.75 Å². The topological polar surface area (TPSA) is 71.1 Å².